The van der Waals surface area contributed by atoms with Gasteiger partial charge in [0.2, 0.25) is 5.91 Å². The van der Waals surface area contributed by atoms with Gasteiger partial charge in [0.25, 0.3) is 0 Å². The van der Waals surface area contributed by atoms with Crippen LogP contribution in [0, 0.1) is 5.92 Å². The van der Waals surface area contributed by atoms with E-state index >= 15 is 0 Å². The molecule has 1 aromatic carbocycles. The lowest BCUT2D eigenvalue weighted by Crippen LogP contribution is -2.50. The highest BCUT2D eigenvalue weighted by Gasteiger charge is 2.36. The molecule has 2 saturated carbocycles. The number of thioether (sulfide) groups is 1. The van der Waals surface area contributed by atoms with E-state index in [1.165, 1.54) is 62.6 Å². The van der Waals surface area contributed by atoms with Crippen LogP contribution in [0.15, 0.2) is 41.7 Å². The first-order chi connectivity index (χ1) is 13.8. The number of imidazole rings is 1. The van der Waals surface area contributed by atoms with Crippen LogP contribution >= 0.6 is 11.8 Å². The second-order valence-corrected chi connectivity index (χ2v) is 9.47. The molecule has 3 fully saturated rings. The van der Waals surface area contributed by atoms with Crippen molar-refractivity contribution in [3.05, 3.63) is 36.5 Å². The molecule has 0 N–H and O–H groups in total. The van der Waals surface area contributed by atoms with Gasteiger partial charge < -0.3 is 9.47 Å². The Bertz CT molecular complexity index is 828. The third-order valence-corrected chi connectivity index (χ3v) is 7.58. The highest BCUT2D eigenvalue weighted by atomic mass is 32.2. The molecule has 5 heteroatoms. The minimum atomic E-state index is 0.313. The smallest absolute Gasteiger partial charge is 0.233 e. The average molecular weight is 396 g/mol. The first-order valence-corrected chi connectivity index (χ1v) is 11.8. The number of fused-ring (bicyclic) bond motifs is 1. The molecular weight excluding hydrogens is 366 g/mol. The molecular formula is C23H29N3OS. The Morgan fingerprint density at radius 1 is 1.04 bits per heavy atom. The summed E-state index contributed by atoms with van der Waals surface area (Å²) in [6.45, 7) is 0.951. The third-order valence-electron chi connectivity index (χ3n) is 6.63. The maximum Gasteiger partial charge on any atom is 0.233 e. The topological polar surface area (TPSA) is 38.1 Å². The number of benzene rings is 1. The molecule has 3 aliphatic rings. The molecule has 5 rings (SSSR count). The van der Waals surface area contributed by atoms with E-state index in [1.54, 1.807) is 11.8 Å². The summed E-state index contributed by atoms with van der Waals surface area (Å²) >= 11 is 1.63. The quantitative estimate of drug-likeness (QED) is 0.657. The van der Waals surface area contributed by atoms with Crippen LogP contribution in [0.1, 0.15) is 57.4 Å². The molecule has 1 aliphatic heterocycles. The van der Waals surface area contributed by atoms with Gasteiger partial charge in [-0.1, -0.05) is 54.9 Å². The van der Waals surface area contributed by atoms with Crippen molar-refractivity contribution in [3.63, 3.8) is 0 Å². The van der Waals surface area contributed by atoms with Gasteiger partial charge in [-0.15, -0.1) is 0 Å². The van der Waals surface area contributed by atoms with Crippen molar-refractivity contribution in [2.45, 2.75) is 68.6 Å². The van der Waals surface area contributed by atoms with E-state index in [0.29, 0.717) is 23.7 Å². The van der Waals surface area contributed by atoms with Gasteiger partial charge in [0.15, 0.2) is 5.16 Å². The summed E-state index contributed by atoms with van der Waals surface area (Å²) in [4.78, 5) is 20.0. The standard InChI is InChI=1S/C23H29N3OS/c27-22(25-14-6-10-17-9-4-5-11-20(17)25)16-28-23-24-15-21(26(23)19-12-13-19)18-7-2-1-3-8-18/h1-3,7-8,15,17,19-20H,4-6,9-14,16H2. The van der Waals surface area contributed by atoms with Gasteiger partial charge in [0.1, 0.15) is 0 Å². The lowest BCUT2D eigenvalue weighted by Gasteiger charge is -2.44. The summed E-state index contributed by atoms with van der Waals surface area (Å²) in [5.41, 5.74) is 2.39. The fourth-order valence-electron chi connectivity index (χ4n) is 5.10. The highest BCUT2D eigenvalue weighted by Crippen LogP contribution is 2.42. The van der Waals surface area contributed by atoms with E-state index in [9.17, 15) is 4.79 Å². The molecule has 0 radical (unpaired) electrons. The van der Waals surface area contributed by atoms with Gasteiger partial charge in [0, 0.05) is 18.6 Å². The van der Waals surface area contributed by atoms with Crippen LogP contribution in [-0.2, 0) is 4.79 Å². The normalized spacial score (nSPS) is 24.8. The number of hydrogen-bond acceptors (Lipinski definition) is 3. The molecule has 0 bridgehead atoms. The number of carbonyl (C=O) groups is 1. The van der Waals surface area contributed by atoms with E-state index < -0.39 is 0 Å². The number of aromatic nitrogens is 2. The van der Waals surface area contributed by atoms with Crippen LogP contribution in [0.4, 0.5) is 0 Å². The number of piperidine rings is 1. The number of amides is 1. The Morgan fingerprint density at radius 2 is 1.82 bits per heavy atom. The van der Waals surface area contributed by atoms with Crippen molar-refractivity contribution in [1.82, 2.24) is 14.5 Å². The van der Waals surface area contributed by atoms with E-state index in [2.05, 4.69) is 33.7 Å². The molecule has 1 aromatic heterocycles. The summed E-state index contributed by atoms with van der Waals surface area (Å²) in [6, 6.07) is 11.5. The minimum absolute atomic E-state index is 0.313. The zero-order valence-electron chi connectivity index (χ0n) is 16.4. The van der Waals surface area contributed by atoms with Crippen LogP contribution in [0.3, 0.4) is 0 Å². The number of likely N-dealkylation sites (tertiary alicyclic amines) is 1. The second-order valence-electron chi connectivity index (χ2n) is 8.52. The van der Waals surface area contributed by atoms with Gasteiger partial charge in [-0.3, -0.25) is 4.79 Å². The van der Waals surface area contributed by atoms with Crippen LogP contribution in [0.2, 0.25) is 0 Å². The van der Waals surface area contributed by atoms with E-state index in [4.69, 9.17) is 4.98 Å². The van der Waals surface area contributed by atoms with Crippen LogP contribution in [0.25, 0.3) is 11.3 Å². The van der Waals surface area contributed by atoms with Crippen molar-refractivity contribution in [2.24, 2.45) is 5.92 Å². The molecule has 2 aliphatic carbocycles. The Morgan fingerprint density at radius 3 is 2.64 bits per heavy atom. The van der Waals surface area contributed by atoms with Crippen LogP contribution in [-0.4, -0.2) is 38.7 Å². The van der Waals surface area contributed by atoms with E-state index in [0.717, 1.165) is 17.6 Å². The zero-order valence-corrected chi connectivity index (χ0v) is 17.2. The first-order valence-electron chi connectivity index (χ1n) is 10.9. The lowest BCUT2D eigenvalue weighted by molar-refractivity contribution is -0.134. The fraction of sp³-hybridized carbons (Fsp3) is 0.565. The third kappa shape index (κ3) is 3.61. The summed E-state index contributed by atoms with van der Waals surface area (Å²) in [6.07, 6.45) is 12.0. The van der Waals surface area contributed by atoms with Crippen molar-refractivity contribution in [1.29, 1.82) is 0 Å². The Kier molecular flexibility index (Phi) is 5.19. The maximum absolute atomic E-state index is 13.1. The summed E-state index contributed by atoms with van der Waals surface area (Å²) in [5.74, 6) is 1.57. The summed E-state index contributed by atoms with van der Waals surface area (Å²) < 4.78 is 2.37. The molecule has 0 spiro atoms. The molecule has 2 atom stereocenters. The summed E-state index contributed by atoms with van der Waals surface area (Å²) in [7, 11) is 0. The predicted molar refractivity (Wildman–Crippen MR) is 113 cm³/mol. The largest absolute Gasteiger partial charge is 0.339 e. The SMILES string of the molecule is O=C(CSc1ncc(-c2ccccc2)n1C1CC1)N1CCCC2CCCCC21. The maximum atomic E-state index is 13.1. The lowest BCUT2D eigenvalue weighted by atomic mass is 9.78. The molecule has 2 heterocycles. The average Bonchev–Trinajstić information content (AvgIpc) is 3.51. The fourth-order valence-corrected chi connectivity index (χ4v) is 6.03. The predicted octanol–water partition coefficient (Wildman–Crippen LogP) is 5.16. The molecule has 1 amide bonds. The van der Waals surface area contributed by atoms with Crippen molar-refractivity contribution >= 4 is 17.7 Å². The Labute approximate surface area is 171 Å². The van der Waals surface area contributed by atoms with Crippen molar-refractivity contribution in [3.8, 4) is 11.3 Å². The van der Waals surface area contributed by atoms with Gasteiger partial charge >= 0.3 is 0 Å². The van der Waals surface area contributed by atoms with E-state index in [1.807, 2.05) is 12.3 Å². The summed E-state index contributed by atoms with van der Waals surface area (Å²) in [5, 5.41) is 1.01. The molecule has 2 aromatic rings. The Hall–Kier alpha value is -1.75. The van der Waals surface area contributed by atoms with Gasteiger partial charge in [-0.05, 0) is 50.0 Å². The number of hydrogen-bond donors (Lipinski definition) is 0. The van der Waals surface area contributed by atoms with Crippen molar-refractivity contribution in [2.75, 3.05) is 12.3 Å². The van der Waals surface area contributed by atoms with Gasteiger partial charge in [-0.25, -0.2) is 4.98 Å². The monoisotopic (exact) mass is 395 g/mol. The van der Waals surface area contributed by atoms with E-state index in [-0.39, 0.29) is 0 Å². The van der Waals surface area contributed by atoms with Crippen LogP contribution in [0.5, 0.6) is 0 Å². The highest BCUT2D eigenvalue weighted by molar-refractivity contribution is 7.99. The van der Waals surface area contributed by atoms with Crippen LogP contribution < -0.4 is 0 Å². The number of rotatable bonds is 5. The van der Waals surface area contributed by atoms with Gasteiger partial charge in [-0.2, -0.15) is 0 Å². The molecule has 28 heavy (non-hydrogen) atoms. The molecule has 1 saturated heterocycles. The molecule has 4 nitrogen and oxygen atoms in total. The van der Waals surface area contributed by atoms with Gasteiger partial charge in [0.05, 0.1) is 17.6 Å². The minimum Gasteiger partial charge on any atom is -0.339 e. The number of carbonyl (C=O) groups excluding carboxylic acids is 1. The Balaban J connectivity index is 1.30. The second kappa shape index (κ2) is 7.94. The first kappa shape index (κ1) is 18.3. The van der Waals surface area contributed by atoms with Crippen molar-refractivity contribution < 1.29 is 4.79 Å². The zero-order chi connectivity index (χ0) is 18.9. The molecule has 148 valence electrons. The number of nitrogens with zero attached hydrogens (tertiary/aromatic N) is 3. The molecule has 2 unspecified atom stereocenters.